The molecule has 0 saturated heterocycles. The van der Waals surface area contributed by atoms with Crippen LogP contribution in [0.5, 0.6) is 0 Å². The fraction of sp³-hybridized carbons (Fsp3) is 0.136. The van der Waals surface area contributed by atoms with Crippen LogP contribution in [0.2, 0.25) is 0 Å². The van der Waals surface area contributed by atoms with Crippen LogP contribution < -0.4 is 15.5 Å². The van der Waals surface area contributed by atoms with E-state index >= 15 is 0 Å². The molecule has 0 aromatic heterocycles. The summed E-state index contributed by atoms with van der Waals surface area (Å²) in [6.45, 7) is 1.16. The van der Waals surface area contributed by atoms with E-state index in [0.29, 0.717) is 13.1 Å². The second-order valence-corrected chi connectivity index (χ2v) is 6.65. The highest BCUT2D eigenvalue weighted by atomic mass is 16.2. The minimum Gasteiger partial charge on any atom is -0.338 e. The smallest absolute Gasteiger partial charge is 0.261 e. The van der Waals surface area contributed by atoms with Crippen LogP contribution in [0.25, 0.3) is 0 Å². The van der Waals surface area contributed by atoms with Gasteiger partial charge in [0.2, 0.25) is 0 Å². The fourth-order valence-electron chi connectivity index (χ4n) is 4.49. The van der Waals surface area contributed by atoms with Gasteiger partial charge in [-0.25, -0.2) is 0 Å². The van der Waals surface area contributed by atoms with Crippen molar-refractivity contribution >= 4 is 17.3 Å². The monoisotopic (exact) mass is 341 g/mol. The zero-order chi connectivity index (χ0) is 17.7. The number of hydrogen-bond acceptors (Lipinski definition) is 3. The maximum absolute atomic E-state index is 13.4. The van der Waals surface area contributed by atoms with E-state index < -0.39 is 5.66 Å². The molecule has 2 N–H and O–H groups in total. The third-order valence-electron chi connectivity index (χ3n) is 5.39. The molecule has 3 aromatic carbocycles. The molecule has 0 fully saturated rings. The molecule has 0 saturated carbocycles. The average Bonchev–Trinajstić information content (AvgIpc) is 3.14. The Morgan fingerprint density at radius 2 is 1.46 bits per heavy atom. The van der Waals surface area contributed by atoms with Gasteiger partial charge in [-0.1, -0.05) is 60.7 Å². The average molecular weight is 341 g/mol. The van der Waals surface area contributed by atoms with Crippen molar-refractivity contribution in [1.29, 1.82) is 0 Å². The molecule has 2 heterocycles. The van der Waals surface area contributed by atoms with Crippen molar-refractivity contribution < 1.29 is 4.79 Å². The van der Waals surface area contributed by atoms with Crippen molar-refractivity contribution in [2.45, 2.75) is 5.66 Å². The van der Waals surface area contributed by atoms with Gasteiger partial charge in [0.1, 0.15) is 0 Å². The van der Waals surface area contributed by atoms with Crippen LogP contribution in [0.3, 0.4) is 0 Å². The Morgan fingerprint density at radius 3 is 2.23 bits per heavy atom. The van der Waals surface area contributed by atoms with Crippen molar-refractivity contribution in [3.05, 3.63) is 95.6 Å². The molecule has 5 rings (SSSR count). The maximum Gasteiger partial charge on any atom is 0.261 e. The number of anilines is 2. The van der Waals surface area contributed by atoms with Gasteiger partial charge < -0.3 is 10.6 Å². The van der Waals surface area contributed by atoms with E-state index in [9.17, 15) is 4.79 Å². The molecule has 0 radical (unpaired) electrons. The van der Waals surface area contributed by atoms with Crippen LogP contribution in [-0.4, -0.2) is 19.0 Å². The van der Waals surface area contributed by atoms with Crippen LogP contribution in [0.4, 0.5) is 11.4 Å². The number of para-hydroxylation sites is 2. The van der Waals surface area contributed by atoms with Gasteiger partial charge in [-0.2, -0.15) is 0 Å². The Kier molecular flexibility index (Phi) is 3.18. The van der Waals surface area contributed by atoms with E-state index in [2.05, 4.69) is 29.2 Å². The lowest BCUT2D eigenvalue weighted by molar-refractivity contribution is 0.0985. The Balaban J connectivity index is 1.90. The Hall–Kier alpha value is -3.11. The molecular formula is C22H19N3O. The van der Waals surface area contributed by atoms with Crippen LogP contribution in [0, 0.1) is 0 Å². The maximum atomic E-state index is 13.4. The van der Waals surface area contributed by atoms with Gasteiger partial charge in [0.15, 0.2) is 5.66 Å². The molecule has 2 aliphatic heterocycles. The Labute approximate surface area is 152 Å². The first kappa shape index (κ1) is 15.2. The Bertz CT molecular complexity index is 1000. The number of nitrogens with two attached hydrogens (primary N) is 1. The lowest BCUT2D eigenvalue weighted by Crippen LogP contribution is -2.54. The third kappa shape index (κ3) is 1.69. The summed E-state index contributed by atoms with van der Waals surface area (Å²) in [5.74, 6) is 0.0384. The minimum absolute atomic E-state index is 0.0384. The predicted octanol–water partition coefficient (Wildman–Crippen LogP) is 3.33. The first-order valence-electron chi connectivity index (χ1n) is 8.86. The summed E-state index contributed by atoms with van der Waals surface area (Å²) >= 11 is 0. The summed E-state index contributed by atoms with van der Waals surface area (Å²) in [4.78, 5) is 17.7. The van der Waals surface area contributed by atoms with E-state index in [4.69, 9.17) is 5.73 Å². The van der Waals surface area contributed by atoms with Gasteiger partial charge in [-0.3, -0.25) is 9.69 Å². The predicted molar refractivity (Wildman–Crippen MR) is 103 cm³/mol. The molecule has 2 aliphatic rings. The number of rotatable bonds is 3. The standard InChI is InChI=1S/C22H19N3O/c23-14-15-24-19-12-6-7-13-20(19)25-21(26)17-10-4-5-11-18(17)22(24,25)16-8-2-1-3-9-16/h1-13H,14-15,23H2. The Morgan fingerprint density at radius 1 is 0.808 bits per heavy atom. The molecule has 0 aliphatic carbocycles. The number of nitrogens with zero attached hydrogens (tertiary/aromatic N) is 2. The summed E-state index contributed by atoms with van der Waals surface area (Å²) in [5, 5.41) is 0. The lowest BCUT2D eigenvalue weighted by Gasteiger charge is -2.41. The first-order chi connectivity index (χ1) is 12.8. The minimum atomic E-state index is -0.683. The highest BCUT2D eigenvalue weighted by Crippen LogP contribution is 2.57. The third-order valence-corrected chi connectivity index (χ3v) is 5.39. The fourth-order valence-corrected chi connectivity index (χ4v) is 4.49. The van der Waals surface area contributed by atoms with Gasteiger partial charge in [0.05, 0.1) is 11.4 Å². The van der Waals surface area contributed by atoms with Gasteiger partial charge in [-0.15, -0.1) is 0 Å². The van der Waals surface area contributed by atoms with Crippen molar-refractivity contribution in [3.8, 4) is 0 Å². The molecule has 0 bridgehead atoms. The molecule has 3 aromatic rings. The van der Waals surface area contributed by atoms with Crippen LogP contribution >= 0.6 is 0 Å². The quantitative estimate of drug-likeness (QED) is 0.795. The summed E-state index contributed by atoms with van der Waals surface area (Å²) < 4.78 is 0. The lowest BCUT2D eigenvalue weighted by atomic mass is 9.89. The molecule has 1 amide bonds. The van der Waals surface area contributed by atoms with Gasteiger partial charge in [0, 0.05) is 29.8 Å². The van der Waals surface area contributed by atoms with Crippen molar-refractivity contribution in [2.24, 2.45) is 5.73 Å². The van der Waals surface area contributed by atoms with Crippen LogP contribution in [0.15, 0.2) is 78.9 Å². The zero-order valence-corrected chi connectivity index (χ0v) is 14.3. The zero-order valence-electron chi connectivity index (χ0n) is 14.3. The molecule has 0 spiro atoms. The normalized spacial score (nSPS) is 20.1. The summed E-state index contributed by atoms with van der Waals surface area (Å²) in [5.41, 5.74) is 10.1. The summed E-state index contributed by atoms with van der Waals surface area (Å²) in [6, 6.07) is 26.3. The molecule has 1 atom stereocenters. The molecule has 128 valence electrons. The molecule has 4 heteroatoms. The van der Waals surface area contributed by atoms with E-state index in [1.807, 2.05) is 59.5 Å². The number of carbonyl (C=O) groups is 1. The van der Waals surface area contributed by atoms with Crippen LogP contribution in [0.1, 0.15) is 21.5 Å². The highest BCUT2D eigenvalue weighted by Gasteiger charge is 2.59. The number of carbonyl (C=O) groups excluding carboxylic acids is 1. The van der Waals surface area contributed by atoms with E-state index in [-0.39, 0.29) is 5.91 Å². The van der Waals surface area contributed by atoms with Gasteiger partial charge >= 0.3 is 0 Å². The molecule has 26 heavy (non-hydrogen) atoms. The van der Waals surface area contributed by atoms with Crippen LogP contribution in [-0.2, 0) is 5.66 Å². The largest absolute Gasteiger partial charge is 0.338 e. The van der Waals surface area contributed by atoms with E-state index in [0.717, 1.165) is 28.1 Å². The number of benzene rings is 3. The highest BCUT2D eigenvalue weighted by molar-refractivity contribution is 6.17. The summed E-state index contributed by atoms with van der Waals surface area (Å²) in [7, 11) is 0. The summed E-state index contributed by atoms with van der Waals surface area (Å²) in [6.07, 6.45) is 0. The van der Waals surface area contributed by atoms with Gasteiger partial charge in [0.25, 0.3) is 5.91 Å². The number of hydrogen-bond donors (Lipinski definition) is 1. The molecule has 1 unspecified atom stereocenters. The van der Waals surface area contributed by atoms with E-state index in [1.54, 1.807) is 0 Å². The second kappa shape index (κ2) is 5.44. The van der Waals surface area contributed by atoms with Crippen molar-refractivity contribution in [2.75, 3.05) is 22.9 Å². The second-order valence-electron chi connectivity index (χ2n) is 6.65. The van der Waals surface area contributed by atoms with E-state index in [1.165, 1.54) is 0 Å². The van der Waals surface area contributed by atoms with Gasteiger partial charge in [-0.05, 0) is 18.2 Å². The molecular weight excluding hydrogens is 322 g/mol. The topological polar surface area (TPSA) is 49.6 Å². The van der Waals surface area contributed by atoms with Crippen molar-refractivity contribution in [1.82, 2.24) is 0 Å². The van der Waals surface area contributed by atoms with Crippen molar-refractivity contribution in [3.63, 3.8) is 0 Å². The number of amides is 1. The first-order valence-corrected chi connectivity index (χ1v) is 8.86. The number of fused-ring (bicyclic) bond motifs is 5. The SMILES string of the molecule is NCCN1c2ccccc2N2C(=O)c3ccccc3C12c1ccccc1. The molecule has 4 nitrogen and oxygen atoms in total.